The number of benzene rings is 1. The third kappa shape index (κ3) is 3.95. The van der Waals surface area contributed by atoms with E-state index in [-0.39, 0.29) is 24.1 Å². The molecule has 2 rings (SSSR count). The van der Waals surface area contributed by atoms with Crippen LogP contribution in [-0.4, -0.2) is 29.8 Å². The highest BCUT2D eigenvalue weighted by Gasteiger charge is 2.24. The highest BCUT2D eigenvalue weighted by molar-refractivity contribution is 5.89. The van der Waals surface area contributed by atoms with E-state index in [9.17, 15) is 9.59 Å². The smallest absolute Gasteiger partial charge is 0.306 e. The van der Waals surface area contributed by atoms with Crippen LogP contribution in [0.5, 0.6) is 0 Å². The molecule has 1 unspecified atom stereocenters. The maximum Gasteiger partial charge on any atom is 0.306 e. The zero-order valence-corrected chi connectivity index (χ0v) is 11.6. The summed E-state index contributed by atoms with van der Waals surface area (Å²) in [5.41, 5.74) is 1.16. The number of esters is 1. The third-order valence-corrected chi connectivity index (χ3v) is 3.22. The Morgan fingerprint density at radius 1 is 1.35 bits per heavy atom. The predicted octanol–water partition coefficient (Wildman–Crippen LogP) is 2.15. The van der Waals surface area contributed by atoms with Gasteiger partial charge in [-0.3, -0.25) is 9.59 Å². The van der Waals surface area contributed by atoms with E-state index < -0.39 is 0 Å². The van der Waals surface area contributed by atoms with Gasteiger partial charge in [0.15, 0.2) is 5.78 Å². The molecule has 1 aliphatic heterocycles. The lowest BCUT2D eigenvalue weighted by molar-refractivity contribution is -0.145. The van der Waals surface area contributed by atoms with Gasteiger partial charge >= 0.3 is 5.97 Å². The molecule has 0 amide bonds. The van der Waals surface area contributed by atoms with Crippen LogP contribution in [0.3, 0.4) is 0 Å². The molecule has 1 atom stereocenters. The van der Waals surface area contributed by atoms with Gasteiger partial charge in [-0.05, 0) is 18.7 Å². The summed E-state index contributed by atoms with van der Waals surface area (Å²) in [5.74, 6) is -0.593. The van der Waals surface area contributed by atoms with Gasteiger partial charge in [0.05, 0.1) is 19.6 Å². The highest BCUT2D eigenvalue weighted by atomic mass is 16.5. The van der Waals surface area contributed by atoms with Gasteiger partial charge in [-0.1, -0.05) is 36.4 Å². The lowest BCUT2D eigenvalue weighted by Gasteiger charge is -2.26. The van der Waals surface area contributed by atoms with Gasteiger partial charge in [-0.15, -0.1) is 0 Å². The fraction of sp³-hybridized carbons (Fsp3) is 0.375. The Bertz CT molecular complexity index is 496. The van der Waals surface area contributed by atoms with E-state index in [2.05, 4.69) is 0 Å². The van der Waals surface area contributed by atoms with Gasteiger partial charge in [0.2, 0.25) is 0 Å². The van der Waals surface area contributed by atoms with Crippen molar-refractivity contribution in [2.45, 2.75) is 19.9 Å². The number of ketones is 1. The Morgan fingerprint density at radius 3 is 2.75 bits per heavy atom. The molecule has 0 aromatic heterocycles. The van der Waals surface area contributed by atoms with Crippen LogP contribution < -0.4 is 0 Å². The summed E-state index contributed by atoms with van der Waals surface area (Å²) in [7, 11) is 0. The largest absolute Gasteiger partial charge is 0.466 e. The summed E-state index contributed by atoms with van der Waals surface area (Å²) >= 11 is 0. The number of ether oxygens (including phenoxy) is 1. The molecule has 20 heavy (non-hydrogen) atoms. The molecule has 1 aromatic carbocycles. The van der Waals surface area contributed by atoms with E-state index in [1.54, 1.807) is 13.0 Å². The second-order valence-electron chi connectivity index (χ2n) is 4.81. The first kappa shape index (κ1) is 14.3. The lowest BCUT2D eigenvalue weighted by atomic mass is 9.97. The minimum Gasteiger partial charge on any atom is -0.466 e. The van der Waals surface area contributed by atoms with Crippen molar-refractivity contribution in [2.75, 3.05) is 13.2 Å². The molecular formula is C16H19NO3. The topological polar surface area (TPSA) is 46.6 Å². The maximum absolute atomic E-state index is 12.0. The van der Waals surface area contributed by atoms with Gasteiger partial charge in [0.25, 0.3) is 0 Å². The van der Waals surface area contributed by atoms with Crippen LogP contribution in [-0.2, 0) is 20.9 Å². The van der Waals surface area contributed by atoms with E-state index in [0.29, 0.717) is 19.7 Å². The summed E-state index contributed by atoms with van der Waals surface area (Å²) in [5, 5.41) is 0. The summed E-state index contributed by atoms with van der Waals surface area (Å²) in [6.07, 6.45) is 3.84. The molecule has 0 bridgehead atoms. The molecular weight excluding hydrogens is 254 g/mol. The number of hydrogen-bond donors (Lipinski definition) is 0. The standard InChI is InChI=1S/C16H19NO3/c1-2-20-16(19)10-14-8-9-17(12-15(14)18)11-13-6-4-3-5-7-13/h3-9,14H,2,10-12H2,1H3. The van der Waals surface area contributed by atoms with Crippen molar-refractivity contribution in [3.63, 3.8) is 0 Å². The quantitative estimate of drug-likeness (QED) is 0.771. The van der Waals surface area contributed by atoms with Crippen molar-refractivity contribution in [3.05, 3.63) is 48.2 Å². The number of carbonyl (C=O) groups is 2. The normalized spacial score (nSPS) is 18.1. The minimum absolute atomic E-state index is 0.0662. The van der Waals surface area contributed by atoms with Crippen LogP contribution in [0.4, 0.5) is 0 Å². The Hall–Kier alpha value is -2.10. The highest BCUT2D eigenvalue weighted by Crippen LogP contribution is 2.17. The van der Waals surface area contributed by atoms with E-state index >= 15 is 0 Å². The molecule has 0 fully saturated rings. The fourth-order valence-electron chi connectivity index (χ4n) is 2.21. The number of hydrogen-bond acceptors (Lipinski definition) is 4. The average Bonchev–Trinajstić information content (AvgIpc) is 2.43. The van der Waals surface area contributed by atoms with Gasteiger partial charge in [-0.2, -0.15) is 0 Å². The zero-order chi connectivity index (χ0) is 14.4. The molecule has 1 aromatic rings. The zero-order valence-electron chi connectivity index (χ0n) is 11.6. The summed E-state index contributed by atoms with van der Waals surface area (Å²) < 4.78 is 4.88. The Kier molecular flexibility index (Phi) is 4.93. The van der Waals surface area contributed by atoms with Crippen LogP contribution in [0, 0.1) is 5.92 Å². The second-order valence-corrected chi connectivity index (χ2v) is 4.81. The fourth-order valence-corrected chi connectivity index (χ4v) is 2.21. The summed E-state index contributed by atoms with van der Waals surface area (Å²) in [6.45, 7) is 3.16. The molecule has 0 saturated heterocycles. The number of allylic oxidation sites excluding steroid dienone is 1. The van der Waals surface area contributed by atoms with Gasteiger partial charge in [0, 0.05) is 12.5 Å². The summed E-state index contributed by atoms with van der Waals surface area (Å²) in [4.78, 5) is 25.4. The van der Waals surface area contributed by atoms with E-state index in [1.807, 2.05) is 41.4 Å². The molecule has 1 aliphatic rings. The van der Waals surface area contributed by atoms with Crippen LogP contribution in [0.25, 0.3) is 0 Å². The van der Waals surface area contributed by atoms with Crippen molar-refractivity contribution in [1.29, 1.82) is 0 Å². The van der Waals surface area contributed by atoms with Crippen LogP contribution in [0.2, 0.25) is 0 Å². The SMILES string of the molecule is CCOC(=O)CC1C=CN(Cc2ccccc2)CC1=O. The Morgan fingerprint density at radius 2 is 2.10 bits per heavy atom. The molecule has 4 nitrogen and oxygen atoms in total. The van der Waals surface area contributed by atoms with Gasteiger partial charge in [0.1, 0.15) is 0 Å². The Labute approximate surface area is 119 Å². The first-order valence-electron chi connectivity index (χ1n) is 6.83. The average molecular weight is 273 g/mol. The number of rotatable bonds is 5. The predicted molar refractivity (Wildman–Crippen MR) is 75.7 cm³/mol. The molecule has 0 radical (unpaired) electrons. The lowest BCUT2D eigenvalue weighted by Crippen LogP contribution is -2.34. The van der Waals surface area contributed by atoms with Crippen molar-refractivity contribution in [1.82, 2.24) is 4.90 Å². The monoisotopic (exact) mass is 273 g/mol. The second kappa shape index (κ2) is 6.89. The van der Waals surface area contributed by atoms with Crippen molar-refractivity contribution >= 4 is 11.8 Å². The van der Waals surface area contributed by atoms with Crippen LogP contribution in [0.15, 0.2) is 42.6 Å². The minimum atomic E-state index is -0.346. The number of nitrogens with zero attached hydrogens (tertiary/aromatic N) is 1. The number of carbonyl (C=O) groups excluding carboxylic acids is 2. The van der Waals surface area contributed by atoms with Crippen molar-refractivity contribution in [2.24, 2.45) is 5.92 Å². The summed E-state index contributed by atoms with van der Waals surface area (Å²) in [6, 6.07) is 9.99. The third-order valence-electron chi connectivity index (χ3n) is 3.22. The van der Waals surface area contributed by atoms with Crippen LogP contribution in [0.1, 0.15) is 18.9 Å². The first-order chi connectivity index (χ1) is 9.69. The Balaban J connectivity index is 1.92. The van der Waals surface area contributed by atoms with E-state index in [0.717, 1.165) is 5.56 Å². The molecule has 106 valence electrons. The van der Waals surface area contributed by atoms with Crippen molar-refractivity contribution < 1.29 is 14.3 Å². The molecule has 0 aliphatic carbocycles. The number of Topliss-reactive ketones (excluding diaryl/α,β-unsaturated/α-hetero) is 1. The molecule has 0 saturated carbocycles. The van der Waals surface area contributed by atoms with Gasteiger partial charge < -0.3 is 9.64 Å². The van der Waals surface area contributed by atoms with E-state index in [4.69, 9.17) is 4.74 Å². The van der Waals surface area contributed by atoms with Gasteiger partial charge in [-0.25, -0.2) is 0 Å². The van der Waals surface area contributed by atoms with E-state index in [1.165, 1.54) is 0 Å². The molecule has 0 spiro atoms. The van der Waals surface area contributed by atoms with Crippen molar-refractivity contribution in [3.8, 4) is 0 Å². The molecule has 4 heteroatoms. The maximum atomic E-state index is 12.0. The molecule has 1 heterocycles. The van der Waals surface area contributed by atoms with Crippen LogP contribution >= 0.6 is 0 Å². The first-order valence-corrected chi connectivity index (χ1v) is 6.83. The molecule has 0 N–H and O–H groups in total.